The number of nitrogens with one attached hydrogen (secondary N) is 1. The molecule has 0 radical (unpaired) electrons. The van der Waals surface area contributed by atoms with Crippen molar-refractivity contribution >= 4 is 0 Å². The first-order chi connectivity index (χ1) is 8.29. The summed E-state index contributed by atoms with van der Waals surface area (Å²) >= 11 is 0. The first kappa shape index (κ1) is 12.6. The van der Waals surface area contributed by atoms with Gasteiger partial charge < -0.3 is 10.2 Å². The number of hydrogen-bond acceptors (Lipinski definition) is 3. The number of piperidine rings is 1. The van der Waals surface area contributed by atoms with Crippen molar-refractivity contribution < 1.29 is 0 Å². The fraction of sp³-hybridized carbons (Fsp3) is 0.769. The summed E-state index contributed by atoms with van der Waals surface area (Å²) in [5, 5.41) is 7.83. The van der Waals surface area contributed by atoms with E-state index in [1.54, 1.807) is 0 Å². The van der Waals surface area contributed by atoms with Crippen molar-refractivity contribution in [3.63, 3.8) is 0 Å². The zero-order valence-corrected chi connectivity index (χ0v) is 11.0. The Hall–Kier alpha value is -0.870. The predicted molar refractivity (Wildman–Crippen MR) is 69.8 cm³/mol. The molecule has 0 atom stereocenters. The van der Waals surface area contributed by atoms with Crippen LogP contribution in [0.4, 0.5) is 0 Å². The zero-order chi connectivity index (χ0) is 12.1. The van der Waals surface area contributed by atoms with Gasteiger partial charge in [0.2, 0.25) is 0 Å². The lowest BCUT2D eigenvalue weighted by molar-refractivity contribution is 0.197. The highest BCUT2D eigenvalue weighted by molar-refractivity contribution is 4.99. The molecule has 96 valence electrons. The number of nitrogens with zero attached hydrogens (tertiary/aromatic N) is 3. The fourth-order valence-corrected chi connectivity index (χ4v) is 2.50. The second-order valence-electron chi connectivity index (χ2n) is 4.94. The van der Waals surface area contributed by atoms with Crippen LogP contribution >= 0.6 is 0 Å². The molecule has 1 aliphatic heterocycles. The highest BCUT2D eigenvalue weighted by Gasteiger charge is 2.17. The van der Waals surface area contributed by atoms with Crippen molar-refractivity contribution in [1.82, 2.24) is 20.0 Å². The van der Waals surface area contributed by atoms with E-state index in [0.29, 0.717) is 6.04 Å². The van der Waals surface area contributed by atoms with Crippen LogP contribution in [0.3, 0.4) is 0 Å². The van der Waals surface area contributed by atoms with E-state index in [1.165, 1.54) is 44.6 Å². The molecule has 4 heteroatoms. The Morgan fingerprint density at radius 1 is 1.41 bits per heavy atom. The summed E-state index contributed by atoms with van der Waals surface area (Å²) in [6, 6.07) is 2.76. The Labute approximate surface area is 104 Å². The summed E-state index contributed by atoms with van der Waals surface area (Å²) < 4.78 is 1.94. The molecule has 1 saturated heterocycles. The Morgan fingerprint density at radius 3 is 2.76 bits per heavy atom. The molecule has 1 aromatic rings. The molecule has 1 aliphatic rings. The number of likely N-dealkylation sites (tertiary alicyclic amines) is 1. The zero-order valence-electron chi connectivity index (χ0n) is 11.0. The van der Waals surface area contributed by atoms with Crippen LogP contribution in [0, 0.1) is 0 Å². The molecule has 0 aliphatic carbocycles. The van der Waals surface area contributed by atoms with Gasteiger partial charge in [-0.3, -0.25) is 4.68 Å². The summed E-state index contributed by atoms with van der Waals surface area (Å²) in [4.78, 5) is 2.57. The van der Waals surface area contributed by atoms with Crippen LogP contribution in [0.25, 0.3) is 0 Å². The van der Waals surface area contributed by atoms with Gasteiger partial charge in [0.25, 0.3) is 0 Å². The maximum Gasteiger partial charge on any atom is 0.0518 e. The molecule has 1 fully saturated rings. The topological polar surface area (TPSA) is 33.1 Å². The van der Waals surface area contributed by atoms with Crippen molar-refractivity contribution in [2.45, 2.75) is 38.8 Å². The van der Waals surface area contributed by atoms with E-state index in [0.717, 1.165) is 6.54 Å². The van der Waals surface area contributed by atoms with Gasteiger partial charge in [0, 0.05) is 25.8 Å². The van der Waals surface area contributed by atoms with Gasteiger partial charge in [-0.15, -0.1) is 0 Å². The second kappa shape index (κ2) is 6.17. The van der Waals surface area contributed by atoms with Crippen LogP contribution in [0.2, 0.25) is 0 Å². The molecule has 0 spiro atoms. The molecule has 1 aromatic heterocycles. The summed E-state index contributed by atoms with van der Waals surface area (Å²) in [5.74, 6) is 0. The maximum absolute atomic E-state index is 4.19. The molecule has 0 bridgehead atoms. The van der Waals surface area contributed by atoms with E-state index in [1.807, 2.05) is 17.9 Å². The van der Waals surface area contributed by atoms with Crippen LogP contribution in [-0.2, 0) is 13.6 Å². The van der Waals surface area contributed by atoms with Crippen molar-refractivity contribution in [3.05, 3.63) is 18.0 Å². The molecule has 2 heterocycles. The first-order valence-corrected chi connectivity index (χ1v) is 6.72. The smallest absolute Gasteiger partial charge is 0.0518 e. The Balaban J connectivity index is 1.70. The summed E-state index contributed by atoms with van der Waals surface area (Å²) in [6.45, 7) is 6.95. The molecule has 17 heavy (non-hydrogen) atoms. The highest BCUT2D eigenvalue weighted by Crippen LogP contribution is 2.11. The maximum atomic E-state index is 4.19. The van der Waals surface area contributed by atoms with Crippen LogP contribution in [-0.4, -0.2) is 40.4 Å². The van der Waals surface area contributed by atoms with Crippen LogP contribution in [0.15, 0.2) is 12.3 Å². The minimum Gasteiger partial charge on any atom is -0.308 e. The van der Waals surface area contributed by atoms with E-state index in [2.05, 4.69) is 28.3 Å². The van der Waals surface area contributed by atoms with Crippen molar-refractivity contribution in [1.29, 1.82) is 0 Å². The lowest BCUT2D eigenvalue weighted by atomic mass is 10.0. The molecular formula is C13H24N4. The molecule has 1 N–H and O–H groups in total. The quantitative estimate of drug-likeness (QED) is 0.838. The summed E-state index contributed by atoms with van der Waals surface area (Å²) in [5.41, 5.74) is 1.26. The van der Waals surface area contributed by atoms with E-state index < -0.39 is 0 Å². The van der Waals surface area contributed by atoms with E-state index in [9.17, 15) is 0 Å². The van der Waals surface area contributed by atoms with Gasteiger partial charge in [0.1, 0.15) is 0 Å². The number of rotatable bonds is 5. The van der Waals surface area contributed by atoms with Gasteiger partial charge in [0.15, 0.2) is 0 Å². The monoisotopic (exact) mass is 236 g/mol. The normalized spacial score (nSPS) is 18.7. The number of aryl methyl sites for hydroxylation is 1. The molecule has 0 unspecified atom stereocenters. The molecule has 2 rings (SSSR count). The highest BCUT2D eigenvalue weighted by atomic mass is 15.3. The van der Waals surface area contributed by atoms with E-state index in [-0.39, 0.29) is 0 Å². The Kier molecular flexibility index (Phi) is 4.57. The average Bonchev–Trinajstić information content (AvgIpc) is 2.75. The molecule has 0 amide bonds. The summed E-state index contributed by atoms with van der Waals surface area (Å²) in [6.07, 6.45) is 5.68. The third-order valence-electron chi connectivity index (χ3n) is 3.62. The predicted octanol–water partition coefficient (Wildman–Crippen LogP) is 1.38. The fourth-order valence-electron chi connectivity index (χ4n) is 2.50. The third kappa shape index (κ3) is 3.54. The molecule has 0 saturated carbocycles. The molecule has 4 nitrogen and oxygen atoms in total. The van der Waals surface area contributed by atoms with Crippen LogP contribution < -0.4 is 5.32 Å². The van der Waals surface area contributed by atoms with Gasteiger partial charge in [-0.05, 0) is 45.0 Å². The van der Waals surface area contributed by atoms with Gasteiger partial charge in [-0.1, -0.05) is 6.92 Å². The van der Waals surface area contributed by atoms with Crippen molar-refractivity contribution in [2.75, 3.05) is 19.6 Å². The summed E-state index contributed by atoms with van der Waals surface area (Å²) in [7, 11) is 2.00. The SMILES string of the molecule is CCCN1CCC(NCc2ccnn2C)CC1. The Bertz CT molecular complexity index is 326. The molecule has 0 aromatic carbocycles. The minimum absolute atomic E-state index is 0.679. The lowest BCUT2D eigenvalue weighted by Gasteiger charge is -2.32. The Morgan fingerprint density at radius 2 is 2.18 bits per heavy atom. The van der Waals surface area contributed by atoms with Gasteiger partial charge >= 0.3 is 0 Å². The third-order valence-corrected chi connectivity index (χ3v) is 3.62. The van der Waals surface area contributed by atoms with Crippen LogP contribution in [0.5, 0.6) is 0 Å². The van der Waals surface area contributed by atoms with Crippen LogP contribution in [0.1, 0.15) is 31.9 Å². The number of aromatic nitrogens is 2. The van der Waals surface area contributed by atoms with Gasteiger partial charge in [-0.25, -0.2) is 0 Å². The van der Waals surface area contributed by atoms with E-state index in [4.69, 9.17) is 0 Å². The largest absolute Gasteiger partial charge is 0.308 e. The minimum atomic E-state index is 0.679. The first-order valence-electron chi connectivity index (χ1n) is 6.72. The second-order valence-corrected chi connectivity index (χ2v) is 4.94. The van der Waals surface area contributed by atoms with E-state index >= 15 is 0 Å². The van der Waals surface area contributed by atoms with Crippen molar-refractivity contribution in [2.24, 2.45) is 7.05 Å². The number of hydrogen-bond donors (Lipinski definition) is 1. The lowest BCUT2D eigenvalue weighted by Crippen LogP contribution is -2.42. The molecular weight excluding hydrogens is 212 g/mol. The van der Waals surface area contributed by atoms with Gasteiger partial charge in [-0.2, -0.15) is 5.10 Å². The van der Waals surface area contributed by atoms with Crippen molar-refractivity contribution in [3.8, 4) is 0 Å². The van der Waals surface area contributed by atoms with Gasteiger partial charge in [0.05, 0.1) is 5.69 Å². The average molecular weight is 236 g/mol. The standard InChI is InChI=1S/C13H24N4/c1-3-8-17-9-5-12(6-10-17)14-11-13-4-7-15-16(13)2/h4,7,12,14H,3,5-6,8-11H2,1-2H3.